The number of benzene rings is 2. The fourth-order valence-corrected chi connectivity index (χ4v) is 5.11. The molecule has 0 radical (unpaired) electrons. The Kier molecular flexibility index (Phi) is 8.35. The van der Waals surface area contributed by atoms with Crippen molar-refractivity contribution < 1.29 is 13.0 Å². The number of piperidine rings is 1. The molecule has 2 fully saturated rings. The molecule has 1 N–H and O–H groups in total. The maximum Gasteiger partial charge on any atom is 0.294 e. The van der Waals surface area contributed by atoms with Crippen LogP contribution >= 0.6 is 11.6 Å². The molecule has 0 atom stereocenters. The molecule has 2 aromatic carbocycles. The minimum absolute atomic E-state index is 0.0666. The van der Waals surface area contributed by atoms with Gasteiger partial charge in [0.25, 0.3) is 10.1 Å². The van der Waals surface area contributed by atoms with E-state index < -0.39 is 10.1 Å². The van der Waals surface area contributed by atoms with Gasteiger partial charge in [0.2, 0.25) is 0 Å². The van der Waals surface area contributed by atoms with Crippen LogP contribution in [0.5, 0.6) is 0 Å². The standard InChI is InChI=1S/C17H24ClN.C7H8O3S/c18-16-8-4-14(5-9-16)15-6-10-17(11-7-15)19-12-2-1-3-13-19;1-6-2-4-7(5-3-6)11(8,9)10/h4-5,8-9,15,17H,1-3,6-7,10-13H2;2-5H,1H3,(H,8,9,10). The molecule has 4 rings (SSSR count). The quantitative estimate of drug-likeness (QED) is 0.575. The van der Waals surface area contributed by atoms with Gasteiger partial charge in [0, 0.05) is 11.1 Å². The molecule has 164 valence electrons. The number of rotatable bonds is 3. The van der Waals surface area contributed by atoms with Crippen molar-refractivity contribution in [1.29, 1.82) is 0 Å². The molecule has 0 aromatic heterocycles. The Labute approximate surface area is 186 Å². The average molecular weight is 450 g/mol. The van der Waals surface area contributed by atoms with Crippen molar-refractivity contribution in [1.82, 2.24) is 4.90 Å². The van der Waals surface area contributed by atoms with Crippen molar-refractivity contribution in [2.75, 3.05) is 13.1 Å². The first kappa shape index (κ1) is 23.3. The van der Waals surface area contributed by atoms with Crippen LogP contribution in [0.1, 0.15) is 62.0 Å². The Bertz CT molecular complexity index is 883. The number of halogens is 1. The van der Waals surface area contributed by atoms with Crippen molar-refractivity contribution in [3.63, 3.8) is 0 Å². The number of aryl methyl sites for hydroxylation is 1. The average Bonchev–Trinajstić information content (AvgIpc) is 2.75. The second kappa shape index (κ2) is 10.8. The molecular formula is C24H32ClNO3S. The molecule has 2 aromatic rings. The first-order valence-electron chi connectivity index (χ1n) is 10.9. The fourth-order valence-electron chi connectivity index (χ4n) is 4.50. The Morgan fingerprint density at radius 2 is 1.43 bits per heavy atom. The SMILES string of the molecule is Cc1ccc(S(=O)(=O)O)cc1.Clc1ccc(C2CCC(N3CCCCC3)CC2)cc1. The van der Waals surface area contributed by atoms with Crippen LogP contribution < -0.4 is 0 Å². The maximum absolute atomic E-state index is 10.5. The molecule has 2 aliphatic rings. The van der Waals surface area contributed by atoms with Gasteiger partial charge in [-0.25, -0.2) is 0 Å². The summed E-state index contributed by atoms with van der Waals surface area (Å²) in [6, 6.07) is 15.4. The summed E-state index contributed by atoms with van der Waals surface area (Å²) in [5, 5.41) is 0.853. The summed E-state index contributed by atoms with van der Waals surface area (Å²) in [6.45, 7) is 4.53. The minimum atomic E-state index is -4.02. The fraction of sp³-hybridized carbons (Fsp3) is 0.500. The normalized spacial score (nSPS) is 22.8. The third kappa shape index (κ3) is 6.81. The zero-order chi connectivity index (χ0) is 21.6. The highest BCUT2D eigenvalue weighted by Crippen LogP contribution is 2.35. The molecule has 0 amide bonds. The van der Waals surface area contributed by atoms with Gasteiger partial charge in [-0.15, -0.1) is 0 Å². The number of likely N-dealkylation sites (tertiary alicyclic amines) is 1. The summed E-state index contributed by atoms with van der Waals surface area (Å²) < 4.78 is 29.6. The van der Waals surface area contributed by atoms with Crippen LogP contribution in [0.3, 0.4) is 0 Å². The maximum atomic E-state index is 10.5. The molecule has 1 heterocycles. The Balaban J connectivity index is 0.000000199. The van der Waals surface area contributed by atoms with Crippen LogP contribution in [-0.2, 0) is 10.1 Å². The van der Waals surface area contributed by atoms with Crippen molar-refractivity contribution in [3.8, 4) is 0 Å². The Morgan fingerprint density at radius 1 is 0.867 bits per heavy atom. The zero-order valence-electron chi connectivity index (χ0n) is 17.6. The van der Waals surface area contributed by atoms with Gasteiger partial charge < -0.3 is 4.90 Å². The van der Waals surface area contributed by atoms with Crippen LogP contribution in [0.4, 0.5) is 0 Å². The molecule has 0 spiro atoms. The Morgan fingerprint density at radius 3 is 1.97 bits per heavy atom. The van der Waals surface area contributed by atoms with E-state index in [2.05, 4.69) is 17.0 Å². The molecule has 30 heavy (non-hydrogen) atoms. The second-order valence-corrected chi connectivity index (χ2v) is 10.3. The molecule has 1 saturated carbocycles. The van der Waals surface area contributed by atoms with Crippen LogP contribution in [0.25, 0.3) is 0 Å². The summed E-state index contributed by atoms with van der Waals surface area (Å²) in [4.78, 5) is 2.68. The summed E-state index contributed by atoms with van der Waals surface area (Å²) >= 11 is 5.97. The number of nitrogens with zero attached hydrogens (tertiary/aromatic N) is 1. The van der Waals surface area contributed by atoms with Crippen molar-refractivity contribution in [3.05, 3.63) is 64.7 Å². The first-order chi connectivity index (χ1) is 14.3. The monoisotopic (exact) mass is 449 g/mol. The van der Waals surface area contributed by atoms with E-state index in [9.17, 15) is 8.42 Å². The highest BCUT2D eigenvalue weighted by Gasteiger charge is 2.27. The highest BCUT2D eigenvalue weighted by molar-refractivity contribution is 7.85. The first-order valence-corrected chi connectivity index (χ1v) is 12.7. The van der Waals surface area contributed by atoms with Crippen LogP contribution in [-0.4, -0.2) is 37.0 Å². The minimum Gasteiger partial charge on any atom is -0.300 e. The summed E-state index contributed by atoms with van der Waals surface area (Å²) in [5.74, 6) is 0.762. The third-order valence-corrected chi connectivity index (χ3v) is 7.38. The molecule has 0 unspecified atom stereocenters. The van der Waals surface area contributed by atoms with E-state index in [1.54, 1.807) is 12.1 Å². The summed E-state index contributed by atoms with van der Waals surface area (Å²) in [5.41, 5.74) is 2.44. The van der Waals surface area contributed by atoms with Gasteiger partial charge in [0.05, 0.1) is 4.90 Å². The van der Waals surface area contributed by atoms with Crippen molar-refractivity contribution in [2.24, 2.45) is 0 Å². The lowest BCUT2D eigenvalue weighted by atomic mass is 9.81. The van der Waals surface area contributed by atoms with Crippen molar-refractivity contribution in [2.45, 2.75) is 68.7 Å². The van der Waals surface area contributed by atoms with E-state index in [0.29, 0.717) is 0 Å². The smallest absolute Gasteiger partial charge is 0.294 e. The predicted molar refractivity (Wildman–Crippen MR) is 123 cm³/mol. The molecular weight excluding hydrogens is 418 g/mol. The zero-order valence-corrected chi connectivity index (χ0v) is 19.2. The topological polar surface area (TPSA) is 57.6 Å². The molecule has 0 bridgehead atoms. The van der Waals surface area contributed by atoms with E-state index in [-0.39, 0.29) is 4.90 Å². The molecule has 1 saturated heterocycles. The van der Waals surface area contributed by atoms with Gasteiger partial charge >= 0.3 is 0 Å². The molecule has 1 aliphatic heterocycles. The summed E-state index contributed by atoms with van der Waals surface area (Å²) in [6.07, 6.45) is 9.73. The Hall–Kier alpha value is -1.40. The van der Waals surface area contributed by atoms with Crippen LogP contribution in [0.2, 0.25) is 5.02 Å². The second-order valence-electron chi connectivity index (χ2n) is 8.44. The van der Waals surface area contributed by atoms with E-state index in [1.807, 2.05) is 19.1 Å². The van der Waals surface area contributed by atoms with Crippen molar-refractivity contribution >= 4 is 21.7 Å². The predicted octanol–water partition coefficient (Wildman–Crippen LogP) is 6.09. The molecule has 1 aliphatic carbocycles. The number of hydrogen-bond donors (Lipinski definition) is 1. The lowest BCUT2D eigenvalue weighted by Gasteiger charge is -2.39. The van der Waals surface area contributed by atoms with E-state index >= 15 is 0 Å². The largest absolute Gasteiger partial charge is 0.300 e. The van der Waals surface area contributed by atoms with Gasteiger partial charge in [-0.05, 0) is 94.3 Å². The van der Waals surface area contributed by atoms with E-state index in [0.717, 1.165) is 22.5 Å². The van der Waals surface area contributed by atoms with Gasteiger partial charge in [0.15, 0.2) is 0 Å². The molecule has 4 nitrogen and oxygen atoms in total. The van der Waals surface area contributed by atoms with E-state index in [4.69, 9.17) is 16.2 Å². The van der Waals surface area contributed by atoms with Gasteiger partial charge in [0.1, 0.15) is 0 Å². The lowest BCUT2D eigenvalue weighted by molar-refractivity contribution is 0.125. The number of hydrogen-bond acceptors (Lipinski definition) is 3. The molecule has 6 heteroatoms. The van der Waals surface area contributed by atoms with Crippen LogP contribution in [0, 0.1) is 6.92 Å². The third-order valence-electron chi connectivity index (χ3n) is 6.26. The van der Waals surface area contributed by atoms with Gasteiger partial charge in [-0.3, -0.25) is 4.55 Å². The summed E-state index contributed by atoms with van der Waals surface area (Å²) in [7, 11) is -4.02. The lowest BCUT2D eigenvalue weighted by Crippen LogP contribution is -2.41. The van der Waals surface area contributed by atoms with Gasteiger partial charge in [-0.2, -0.15) is 8.42 Å². The van der Waals surface area contributed by atoms with Gasteiger partial charge in [-0.1, -0.05) is 47.9 Å². The van der Waals surface area contributed by atoms with Crippen LogP contribution in [0.15, 0.2) is 53.4 Å². The highest BCUT2D eigenvalue weighted by atomic mass is 35.5. The van der Waals surface area contributed by atoms with E-state index in [1.165, 1.54) is 75.7 Å².